The second kappa shape index (κ2) is 8.22. The zero-order valence-corrected chi connectivity index (χ0v) is 21.3. The zero-order chi connectivity index (χ0) is 25.9. The van der Waals surface area contributed by atoms with Gasteiger partial charge in [-0.15, -0.1) is 0 Å². The smallest absolute Gasteiger partial charge is 0.302 e. The Balaban J connectivity index is 1.72. The van der Waals surface area contributed by atoms with E-state index in [9.17, 15) is 14.7 Å². The highest BCUT2D eigenvalue weighted by Crippen LogP contribution is 2.42. The highest BCUT2D eigenvalue weighted by atomic mass is 16.3. The number of H-pyrrole nitrogens is 1. The van der Waals surface area contributed by atoms with Gasteiger partial charge < -0.3 is 14.5 Å². The van der Waals surface area contributed by atoms with E-state index in [0.29, 0.717) is 16.8 Å². The number of aliphatic hydroxyl groups excluding tert-OH is 1. The summed E-state index contributed by atoms with van der Waals surface area (Å²) in [4.78, 5) is 35.9. The van der Waals surface area contributed by atoms with Crippen molar-refractivity contribution in [3.63, 3.8) is 0 Å². The van der Waals surface area contributed by atoms with Gasteiger partial charge in [-0.05, 0) is 78.8 Å². The average molecular weight is 484 g/mol. The number of imidazole rings is 1. The third-order valence-electron chi connectivity index (χ3n) is 6.93. The maximum atomic E-state index is 13.4. The number of fused-ring (bicyclic) bond motifs is 1. The third kappa shape index (κ3) is 3.71. The molecule has 0 bridgehead atoms. The van der Waals surface area contributed by atoms with Gasteiger partial charge in [-0.3, -0.25) is 14.5 Å². The molecule has 1 fully saturated rings. The molecule has 1 amide bonds. The molecule has 1 aliphatic rings. The predicted octanol–water partition coefficient (Wildman–Crippen LogP) is 6.00. The van der Waals surface area contributed by atoms with Crippen molar-refractivity contribution >= 4 is 34.4 Å². The first-order valence-corrected chi connectivity index (χ1v) is 11.9. The first kappa shape index (κ1) is 23.6. The molecule has 1 aliphatic heterocycles. The number of aliphatic hydroxyl groups is 1. The molecule has 7 nitrogen and oxygen atoms in total. The Morgan fingerprint density at radius 1 is 1.03 bits per heavy atom. The Bertz CT molecular complexity index is 1510. The summed E-state index contributed by atoms with van der Waals surface area (Å²) in [6.07, 6.45) is 1.48. The van der Waals surface area contributed by atoms with Crippen LogP contribution >= 0.6 is 0 Å². The van der Waals surface area contributed by atoms with Gasteiger partial charge in [0.15, 0.2) is 0 Å². The molecule has 7 heteroatoms. The van der Waals surface area contributed by atoms with Crippen LogP contribution in [0.3, 0.4) is 0 Å². The second-order valence-corrected chi connectivity index (χ2v) is 10.5. The number of nitrogens with one attached hydrogen (secondary N) is 1. The first-order valence-electron chi connectivity index (χ1n) is 11.9. The molecular weight excluding hydrogens is 454 g/mol. The van der Waals surface area contributed by atoms with Crippen molar-refractivity contribution in [2.24, 2.45) is 0 Å². The molecule has 1 saturated heterocycles. The number of rotatable bonds is 3. The third-order valence-corrected chi connectivity index (χ3v) is 6.93. The van der Waals surface area contributed by atoms with Crippen LogP contribution in [-0.4, -0.2) is 26.8 Å². The number of hydrogen-bond donors (Lipinski definition) is 2. The summed E-state index contributed by atoms with van der Waals surface area (Å²) in [6.45, 7) is 12.1. The number of Topliss-reactive ketones (excluding diaryl/α,β-unsaturated/α-hetero) is 1. The fraction of sp³-hybridized carbons (Fsp3) is 0.276. The van der Waals surface area contributed by atoms with Crippen molar-refractivity contribution < 1.29 is 19.1 Å². The Labute approximate surface area is 209 Å². The van der Waals surface area contributed by atoms with E-state index in [0.717, 1.165) is 27.8 Å². The predicted molar refractivity (Wildman–Crippen MR) is 139 cm³/mol. The summed E-state index contributed by atoms with van der Waals surface area (Å²) in [5, 5.41) is 11.5. The average Bonchev–Trinajstić information content (AvgIpc) is 3.52. The van der Waals surface area contributed by atoms with Gasteiger partial charge in [-0.1, -0.05) is 32.9 Å². The van der Waals surface area contributed by atoms with Crippen LogP contribution in [0.15, 0.2) is 58.7 Å². The molecule has 0 aliphatic carbocycles. The second-order valence-electron chi connectivity index (χ2n) is 10.5. The number of nitrogens with zero attached hydrogens (tertiary/aromatic N) is 2. The van der Waals surface area contributed by atoms with E-state index in [4.69, 9.17) is 4.42 Å². The molecule has 2 aromatic heterocycles. The van der Waals surface area contributed by atoms with Gasteiger partial charge in [0.2, 0.25) is 5.95 Å². The van der Waals surface area contributed by atoms with E-state index in [2.05, 4.69) is 30.7 Å². The summed E-state index contributed by atoms with van der Waals surface area (Å²) in [5.41, 5.74) is 5.69. The lowest BCUT2D eigenvalue weighted by Crippen LogP contribution is -2.30. The van der Waals surface area contributed by atoms with Gasteiger partial charge in [0.25, 0.3) is 5.78 Å². The number of hydrogen-bond acceptors (Lipinski definition) is 5. The maximum absolute atomic E-state index is 13.4. The van der Waals surface area contributed by atoms with Gasteiger partial charge in [0.1, 0.15) is 17.6 Å². The molecule has 2 N–H and O–H groups in total. The lowest BCUT2D eigenvalue weighted by molar-refractivity contribution is -0.132. The quantitative estimate of drug-likeness (QED) is 0.211. The number of carbonyl (C=O) groups excluding carboxylic acids is 2. The van der Waals surface area contributed by atoms with Crippen LogP contribution in [0.25, 0.3) is 16.8 Å². The Kier molecular flexibility index (Phi) is 5.39. The van der Waals surface area contributed by atoms with Gasteiger partial charge >= 0.3 is 5.91 Å². The van der Waals surface area contributed by atoms with Crippen molar-refractivity contribution in [2.45, 2.75) is 53.0 Å². The van der Waals surface area contributed by atoms with E-state index in [-0.39, 0.29) is 22.7 Å². The molecule has 3 heterocycles. The highest BCUT2D eigenvalue weighted by Gasteiger charge is 2.49. The van der Waals surface area contributed by atoms with Crippen LogP contribution in [0.2, 0.25) is 0 Å². The minimum Gasteiger partial charge on any atom is -0.507 e. The van der Waals surface area contributed by atoms with E-state index < -0.39 is 17.7 Å². The fourth-order valence-corrected chi connectivity index (χ4v) is 4.63. The molecular formula is C29H29N3O4. The molecule has 4 aromatic rings. The molecule has 0 spiro atoms. The fourth-order valence-electron chi connectivity index (χ4n) is 4.63. The number of aromatic amines is 1. The summed E-state index contributed by atoms with van der Waals surface area (Å²) in [5.74, 6) is -1.23. The van der Waals surface area contributed by atoms with Crippen LogP contribution in [0.5, 0.6) is 0 Å². The van der Waals surface area contributed by atoms with Crippen molar-refractivity contribution in [3.8, 4) is 0 Å². The van der Waals surface area contributed by atoms with Gasteiger partial charge in [0, 0.05) is 5.56 Å². The van der Waals surface area contributed by atoms with Crippen molar-refractivity contribution in [1.29, 1.82) is 0 Å². The van der Waals surface area contributed by atoms with E-state index in [1.165, 1.54) is 11.2 Å². The molecule has 2 aromatic carbocycles. The van der Waals surface area contributed by atoms with Crippen LogP contribution in [0.1, 0.15) is 60.4 Å². The van der Waals surface area contributed by atoms with Crippen LogP contribution in [-0.2, 0) is 15.0 Å². The Morgan fingerprint density at radius 2 is 1.75 bits per heavy atom. The molecule has 36 heavy (non-hydrogen) atoms. The van der Waals surface area contributed by atoms with E-state index in [1.807, 2.05) is 51.1 Å². The lowest BCUT2D eigenvalue weighted by Gasteiger charge is -2.22. The summed E-state index contributed by atoms with van der Waals surface area (Å²) in [7, 11) is 0. The van der Waals surface area contributed by atoms with Crippen molar-refractivity contribution in [2.75, 3.05) is 4.90 Å². The molecule has 184 valence electrons. The van der Waals surface area contributed by atoms with Crippen molar-refractivity contribution in [1.82, 2.24) is 9.97 Å². The van der Waals surface area contributed by atoms with Crippen molar-refractivity contribution in [3.05, 3.63) is 87.9 Å². The number of anilines is 1. The standard InChI is InChI=1S/C29H29N3O4/c1-15-9-10-18(29(4,5)6)14-19(15)25(33)23-24(22-8-7-11-36-22)32(27(35)26(23)34)28-30-20-12-16(2)17(3)13-21(20)31-28/h7-14,24,33H,1-6H3,(H,30,31)/b25-23+. The molecule has 1 unspecified atom stereocenters. The van der Waals surface area contributed by atoms with Crippen LogP contribution < -0.4 is 4.90 Å². The molecule has 1 atom stereocenters. The minimum absolute atomic E-state index is 0.0306. The normalized spacial score (nSPS) is 17.9. The Morgan fingerprint density at radius 3 is 2.42 bits per heavy atom. The molecule has 0 saturated carbocycles. The van der Waals surface area contributed by atoms with Crippen LogP contribution in [0, 0.1) is 20.8 Å². The van der Waals surface area contributed by atoms with Gasteiger partial charge in [-0.2, -0.15) is 0 Å². The SMILES string of the molecule is Cc1cc2nc(N3C(=O)C(=O)/C(=C(/O)c4cc(C(C)(C)C)ccc4C)C3c3ccco3)[nH]c2cc1C. The van der Waals surface area contributed by atoms with Crippen LogP contribution in [0.4, 0.5) is 5.95 Å². The number of aryl methyl sites for hydroxylation is 3. The highest BCUT2D eigenvalue weighted by molar-refractivity contribution is 6.51. The summed E-state index contributed by atoms with van der Waals surface area (Å²) >= 11 is 0. The van der Waals surface area contributed by atoms with Gasteiger partial charge in [-0.25, -0.2) is 4.98 Å². The first-order chi connectivity index (χ1) is 17.0. The number of amides is 1. The number of ketones is 1. The largest absolute Gasteiger partial charge is 0.507 e. The molecule has 0 radical (unpaired) electrons. The molecule has 5 rings (SSSR count). The number of aromatic nitrogens is 2. The number of furan rings is 1. The van der Waals surface area contributed by atoms with E-state index >= 15 is 0 Å². The lowest BCUT2D eigenvalue weighted by atomic mass is 9.84. The minimum atomic E-state index is -0.972. The summed E-state index contributed by atoms with van der Waals surface area (Å²) < 4.78 is 5.67. The monoisotopic (exact) mass is 483 g/mol. The number of carbonyl (C=O) groups is 2. The van der Waals surface area contributed by atoms with Gasteiger partial charge in [0.05, 0.1) is 22.9 Å². The zero-order valence-electron chi connectivity index (χ0n) is 21.3. The van der Waals surface area contributed by atoms with E-state index in [1.54, 1.807) is 12.1 Å². The number of benzene rings is 2. The maximum Gasteiger partial charge on any atom is 0.302 e. The summed E-state index contributed by atoms with van der Waals surface area (Å²) in [6, 6.07) is 12.1. The topological polar surface area (TPSA) is 99.4 Å². The Hall–Kier alpha value is -4.13.